The number of carboxylic acid groups (broad SMARTS) is 1. The number of rotatable bonds is 17. The number of hydrogen-bond donors (Lipinski definition) is 4. The van der Waals surface area contributed by atoms with E-state index in [1.54, 1.807) is 0 Å². The molecule has 0 saturated heterocycles. The molecule has 0 amide bonds. The number of carbonyl (C=O) groups excluding carboxylic acids is 1. The number of benzene rings is 3. The van der Waals surface area contributed by atoms with E-state index in [-0.39, 0.29) is 30.3 Å². The maximum Gasteiger partial charge on any atom is 0.308 e. The number of allylic oxidation sites excluding steroid dienone is 2. The molecule has 326 valence electrons. The molecule has 3 aromatic carbocycles. The molecule has 1 unspecified atom stereocenters. The molecule has 0 aliphatic heterocycles. The fraction of sp³-hybridized carbons (Fsp3) is 0.527. The minimum absolute atomic E-state index is 0.0589. The summed E-state index contributed by atoms with van der Waals surface area (Å²) in [4.78, 5) is 26.0. The van der Waals surface area contributed by atoms with Gasteiger partial charge in [-0.3, -0.25) is 4.79 Å². The number of unbranched alkanes of at least 4 members (excludes halogenated alkanes) is 4. The lowest BCUT2D eigenvalue weighted by atomic mass is 9.54. The van der Waals surface area contributed by atoms with Crippen LogP contribution in [0.4, 0.5) is 0 Å². The van der Waals surface area contributed by atoms with E-state index in [0.29, 0.717) is 24.1 Å². The highest BCUT2D eigenvalue weighted by Crippen LogP contribution is 2.53. The normalized spacial score (nSPS) is 27.7. The monoisotopic (exact) mass is 826 g/mol. The number of aldehydes is 1. The number of phenols is 1. The molecule has 0 aromatic heterocycles. The Balaban J connectivity index is 1.21. The van der Waals surface area contributed by atoms with Crippen LogP contribution in [0.3, 0.4) is 0 Å². The molecule has 61 heavy (non-hydrogen) atoms. The fourth-order valence-electron chi connectivity index (χ4n) is 12.0. The number of carboxylic acids is 1. The van der Waals surface area contributed by atoms with Gasteiger partial charge >= 0.3 is 5.97 Å². The Hall–Kier alpha value is -4.26. The second-order valence-electron chi connectivity index (χ2n) is 19.1. The van der Waals surface area contributed by atoms with Crippen LogP contribution in [0.15, 0.2) is 90.5 Å². The maximum atomic E-state index is 13.7. The zero-order chi connectivity index (χ0) is 42.8. The first kappa shape index (κ1) is 44.8. The van der Waals surface area contributed by atoms with Crippen LogP contribution in [0.1, 0.15) is 131 Å². The van der Waals surface area contributed by atoms with Crippen molar-refractivity contribution in [3.05, 3.63) is 123 Å². The van der Waals surface area contributed by atoms with Crippen molar-refractivity contribution in [2.45, 2.75) is 127 Å². The summed E-state index contributed by atoms with van der Waals surface area (Å²) in [6.45, 7) is 2.64. The molecule has 4 aliphatic rings. The third-order valence-corrected chi connectivity index (χ3v) is 15.3. The van der Waals surface area contributed by atoms with Gasteiger partial charge in [-0.25, -0.2) is 0 Å². The maximum absolute atomic E-state index is 13.7. The molecule has 6 nitrogen and oxygen atoms in total. The molecule has 4 aliphatic carbocycles. The van der Waals surface area contributed by atoms with Gasteiger partial charge in [0.1, 0.15) is 12.0 Å². The first-order valence-electron chi connectivity index (χ1n) is 23.8. The van der Waals surface area contributed by atoms with E-state index in [4.69, 9.17) is 5.73 Å². The second-order valence-corrected chi connectivity index (χ2v) is 19.1. The number of aliphatic hydroxyl groups is 1. The van der Waals surface area contributed by atoms with Crippen molar-refractivity contribution in [2.24, 2.45) is 47.2 Å². The Morgan fingerprint density at radius 2 is 1.74 bits per heavy atom. The first-order chi connectivity index (χ1) is 29.8. The first-order valence-corrected chi connectivity index (χ1v) is 23.8. The van der Waals surface area contributed by atoms with Gasteiger partial charge in [-0.15, -0.1) is 0 Å². The topological polar surface area (TPSA) is 121 Å². The molecule has 1 saturated carbocycles. The van der Waals surface area contributed by atoms with Gasteiger partial charge in [-0.1, -0.05) is 136 Å². The summed E-state index contributed by atoms with van der Waals surface area (Å²) >= 11 is 0. The average Bonchev–Trinajstić information content (AvgIpc) is 3.73. The van der Waals surface area contributed by atoms with E-state index in [9.17, 15) is 24.9 Å². The number of aromatic hydroxyl groups is 1. The van der Waals surface area contributed by atoms with Gasteiger partial charge in [-0.2, -0.15) is 0 Å². The summed E-state index contributed by atoms with van der Waals surface area (Å²) in [5, 5.41) is 35.9. The average molecular weight is 826 g/mol. The quantitative estimate of drug-likeness (QED) is 0.0612. The van der Waals surface area contributed by atoms with Crippen LogP contribution in [0, 0.1) is 41.4 Å². The van der Waals surface area contributed by atoms with Gasteiger partial charge < -0.3 is 25.8 Å². The van der Waals surface area contributed by atoms with E-state index in [1.807, 2.05) is 12.1 Å². The highest BCUT2D eigenvalue weighted by molar-refractivity contribution is 5.74. The predicted molar refractivity (Wildman–Crippen MR) is 247 cm³/mol. The van der Waals surface area contributed by atoms with Gasteiger partial charge in [0.25, 0.3) is 0 Å². The van der Waals surface area contributed by atoms with Crippen LogP contribution in [0.5, 0.6) is 5.75 Å². The third kappa shape index (κ3) is 10.5. The van der Waals surface area contributed by atoms with E-state index in [0.717, 1.165) is 120 Å². The summed E-state index contributed by atoms with van der Waals surface area (Å²) in [5.74, 6) is -0.414. The van der Waals surface area contributed by atoms with E-state index in [2.05, 4.69) is 91.9 Å². The molecule has 0 radical (unpaired) electrons. The van der Waals surface area contributed by atoms with Crippen LogP contribution in [0.25, 0.3) is 12.2 Å². The summed E-state index contributed by atoms with van der Waals surface area (Å²) in [5.41, 5.74) is 11.1. The molecular weight excluding hydrogens is 755 g/mol. The molecule has 9 atom stereocenters. The Bertz CT molecular complexity index is 2140. The van der Waals surface area contributed by atoms with Crippen molar-refractivity contribution in [3.63, 3.8) is 0 Å². The number of phenolic OH excluding ortho intramolecular Hbond substituents is 1. The minimum Gasteiger partial charge on any atom is -0.508 e. The molecule has 1 spiro atoms. The molecule has 2 bridgehead atoms. The van der Waals surface area contributed by atoms with E-state index < -0.39 is 23.2 Å². The highest BCUT2D eigenvalue weighted by Gasteiger charge is 2.51. The van der Waals surface area contributed by atoms with Gasteiger partial charge in [0.05, 0.1) is 12.5 Å². The van der Waals surface area contributed by atoms with E-state index >= 15 is 0 Å². The van der Waals surface area contributed by atoms with Crippen LogP contribution in [0.2, 0.25) is 0 Å². The summed E-state index contributed by atoms with van der Waals surface area (Å²) in [6, 6.07) is 23.7. The van der Waals surface area contributed by atoms with E-state index in [1.165, 1.54) is 33.4 Å². The molecule has 7 rings (SSSR count). The zero-order valence-electron chi connectivity index (χ0n) is 36.6. The largest absolute Gasteiger partial charge is 0.508 e. The van der Waals surface area contributed by atoms with Crippen LogP contribution >= 0.6 is 0 Å². The van der Waals surface area contributed by atoms with Crippen molar-refractivity contribution in [1.82, 2.24) is 0 Å². The van der Waals surface area contributed by atoms with Crippen molar-refractivity contribution < 1.29 is 24.9 Å². The summed E-state index contributed by atoms with van der Waals surface area (Å²) < 4.78 is 0. The lowest BCUT2D eigenvalue weighted by molar-refractivity contribution is -0.148. The number of nitrogens with two attached hydrogens (primary N) is 1. The van der Waals surface area contributed by atoms with Crippen LogP contribution in [-0.4, -0.2) is 40.7 Å². The number of aryl methyl sites for hydroxylation is 1. The van der Waals surface area contributed by atoms with Crippen LogP contribution in [-0.2, 0) is 27.8 Å². The number of carbonyl (C=O) groups is 2. The Labute approximate surface area is 364 Å². The second kappa shape index (κ2) is 21.2. The fourth-order valence-corrected chi connectivity index (χ4v) is 12.0. The van der Waals surface area contributed by atoms with Gasteiger partial charge in [0, 0.05) is 17.3 Å². The Morgan fingerprint density at radius 1 is 0.918 bits per heavy atom. The lowest BCUT2D eigenvalue weighted by Gasteiger charge is -2.49. The van der Waals surface area contributed by atoms with Crippen molar-refractivity contribution >= 4 is 24.4 Å². The minimum atomic E-state index is -0.837. The van der Waals surface area contributed by atoms with Crippen molar-refractivity contribution in [2.75, 3.05) is 13.2 Å². The molecule has 3 aromatic rings. The summed E-state index contributed by atoms with van der Waals surface area (Å²) in [6.07, 6.45) is 28.6. The molecule has 6 heteroatoms. The smallest absolute Gasteiger partial charge is 0.308 e. The Kier molecular flexibility index (Phi) is 15.6. The van der Waals surface area contributed by atoms with Gasteiger partial charge in [-0.05, 0) is 152 Å². The zero-order valence-corrected chi connectivity index (χ0v) is 36.6. The lowest BCUT2D eigenvalue weighted by Crippen LogP contribution is -2.50. The molecule has 0 heterocycles. The third-order valence-electron chi connectivity index (χ3n) is 15.3. The number of hydrogen-bond acceptors (Lipinski definition) is 5. The molecule has 5 N–H and O–H groups in total. The highest BCUT2D eigenvalue weighted by atomic mass is 16.4. The van der Waals surface area contributed by atoms with Gasteiger partial charge in [0.15, 0.2) is 0 Å². The van der Waals surface area contributed by atoms with Gasteiger partial charge in [0.2, 0.25) is 0 Å². The summed E-state index contributed by atoms with van der Waals surface area (Å²) in [7, 11) is 0. The number of aliphatic carboxylic acids is 1. The number of fused-ring (bicyclic) bond motifs is 5. The SMILES string of the molecule is CCCCCc1cc(C2Cc3cccc(c3)[C@@]3(CC[C@H]4C=c5ccccc5=C[C@@H]4C3)[C@@H](C(=O)O)[C@H](CO)C=CC[C@H]2CCCCC[C@H](C=O)[C@H]2C=C(CCN)CC2)ccc1O. The predicted octanol–water partition coefficient (Wildman–Crippen LogP) is 9.72. The Morgan fingerprint density at radius 3 is 2.49 bits per heavy atom. The number of aliphatic hydroxyl groups excluding tert-OH is 1. The van der Waals surface area contributed by atoms with Crippen molar-refractivity contribution in [3.8, 4) is 5.75 Å². The standard InChI is InChI=1S/C55H71NO5/c1-2-3-5-16-46-34-45(23-24-52(46)59)51-31-39-12-10-20-50(30-39)55(27-25-44-32-41-14-8-9-15-42(41)33-49(44)35-55)53(54(60)61)48(37-58)19-11-18-40(51)13-6-4-7-17-47(36-57)43-22-21-38(29-43)26-28-56/h8-12,14-15,19-20,23-24,29-30,32-34,36,40,43-44,47-49,51,53,58-59H,2-7,13,16-18,21-22,25-28,31,35,37,56H2,1H3,(H,60,61)/t40-,43-,44+,47-,48+,49-,51?,53-,55+/m1/s1. The molecular formula is C55H71NO5. The van der Waals surface area contributed by atoms with Crippen molar-refractivity contribution in [1.29, 1.82) is 0 Å². The van der Waals surface area contributed by atoms with Crippen LogP contribution < -0.4 is 16.2 Å². The molecule has 1 fully saturated rings.